The molecule has 8 nitrogen and oxygen atoms in total. The van der Waals surface area contributed by atoms with Gasteiger partial charge in [0.05, 0.1) is 12.7 Å². The summed E-state index contributed by atoms with van der Waals surface area (Å²) in [6.07, 6.45) is -4.26. The molecule has 3 N–H and O–H groups in total. The number of hydrogen-bond acceptors (Lipinski definition) is 6. The van der Waals surface area contributed by atoms with E-state index in [1.54, 1.807) is 18.2 Å². The van der Waals surface area contributed by atoms with Crippen molar-refractivity contribution < 1.29 is 32.5 Å². The summed E-state index contributed by atoms with van der Waals surface area (Å²) >= 11 is 0. The molecule has 174 valence electrons. The second kappa shape index (κ2) is 9.10. The molecule has 11 heteroatoms. The third-order valence-electron chi connectivity index (χ3n) is 5.41. The number of halogens is 3. The molecule has 0 aliphatic carbocycles. The van der Waals surface area contributed by atoms with Gasteiger partial charge in [0.15, 0.2) is 17.3 Å². The number of aromatic nitrogens is 3. The highest BCUT2D eigenvalue weighted by molar-refractivity contribution is 5.93. The van der Waals surface area contributed by atoms with E-state index in [2.05, 4.69) is 20.7 Å². The van der Waals surface area contributed by atoms with Gasteiger partial charge in [-0.15, -0.1) is 5.10 Å². The van der Waals surface area contributed by atoms with Crippen LogP contribution in [0.3, 0.4) is 0 Å². The lowest BCUT2D eigenvalue weighted by atomic mass is 9.89. The van der Waals surface area contributed by atoms with E-state index >= 15 is 0 Å². The fourth-order valence-electron chi connectivity index (χ4n) is 3.79. The van der Waals surface area contributed by atoms with Gasteiger partial charge in [-0.25, -0.2) is 0 Å². The van der Waals surface area contributed by atoms with Crippen molar-refractivity contribution >= 4 is 11.7 Å². The maximum atomic E-state index is 13.5. The van der Waals surface area contributed by atoms with Crippen LogP contribution in [0.25, 0.3) is 0 Å². The number of hydrogen-bond donors (Lipinski definition) is 3. The summed E-state index contributed by atoms with van der Waals surface area (Å²) in [5.41, 5.74) is 0.859. The lowest BCUT2D eigenvalue weighted by Crippen LogP contribution is -2.23. The summed E-state index contributed by atoms with van der Waals surface area (Å²) in [6, 6.07) is 8.89. The minimum absolute atomic E-state index is 0.0356. The van der Waals surface area contributed by atoms with Crippen LogP contribution in [0, 0.1) is 0 Å². The number of anilines is 1. The van der Waals surface area contributed by atoms with Crippen molar-refractivity contribution in [2.45, 2.75) is 31.5 Å². The summed E-state index contributed by atoms with van der Waals surface area (Å²) in [5.74, 6) is 0.375. The number of carbonyl (C=O) groups is 1. The number of aliphatic hydroxyl groups is 1. The SMILES string of the molecule is COc1cc(C2CC(=O)Nc3n[nH]nc32)ccc1OCc1ccc(CCO)cc1C(F)(F)F. The van der Waals surface area contributed by atoms with Crippen LogP contribution >= 0.6 is 0 Å². The molecule has 1 aliphatic heterocycles. The molecule has 1 amide bonds. The predicted molar refractivity (Wildman–Crippen MR) is 111 cm³/mol. The molecule has 0 bridgehead atoms. The number of nitrogens with one attached hydrogen (secondary N) is 2. The van der Waals surface area contributed by atoms with Crippen LogP contribution in [0.4, 0.5) is 19.0 Å². The lowest BCUT2D eigenvalue weighted by molar-refractivity contribution is -0.138. The number of rotatable bonds is 7. The zero-order valence-corrected chi connectivity index (χ0v) is 17.6. The molecule has 3 aromatic rings. The Kier molecular flexibility index (Phi) is 6.23. The third kappa shape index (κ3) is 4.77. The molecule has 2 aromatic carbocycles. The molecular formula is C22H21F3N4O4. The number of ether oxygens (including phenoxy) is 2. The largest absolute Gasteiger partial charge is 0.493 e. The highest BCUT2D eigenvalue weighted by Gasteiger charge is 2.34. The first-order valence-corrected chi connectivity index (χ1v) is 10.1. The van der Waals surface area contributed by atoms with Crippen molar-refractivity contribution in [3.05, 3.63) is 64.3 Å². The van der Waals surface area contributed by atoms with Gasteiger partial charge in [0, 0.05) is 24.5 Å². The molecule has 0 saturated carbocycles. The normalized spacial score (nSPS) is 15.7. The molecular weight excluding hydrogens is 441 g/mol. The first-order chi connectivity index (χ1) is 15.8. The molecule has 2 heterocycles. The summed E-state index contributed by atoms with van der Waals surface area (Å²) < 4.78 is 51.7. The van der Waals surface area contributed by atoms with Crippen LogP contribution in [-0.4, -0.2) is 40.1 Å². The van der Waals surface area contributed by atoms with Crippen LogP contribution in [0.1, 0.15) is 40.3 Å². The van der Waals surface area contributed by atoms with E-state index in [-0.39, 0.29) is 49.2 Å². The first-order valence-electron chi connectivity index (χ1n) is 10.1. The number of aromatic amines is 1. The van der Waals surface area contributed by atoms with Crippen LogP contribution in [0.5, 0.6) is 11.5 Å². The molecule has 0 saturated heterocycles. The van der Waals surface area contributed by atoms with Crippen molar-refractivity contribution in [1.82, 2.24) is 15.4 Å². The van der Waals surface area contributed by atoms with E-state index in [1.165, 1.54) is 19.2 Å². The lowest BCUT2D eigenvalue weighted by Gasteiger charge is -2.22. The fourth-order valence-corrected chi connectivity index (χ4v) is 3.79. The standard InChI is InChI=1S/C22H21F3N4O4/c1-32-18-9-13(15-10-19(31)26-21-20(15)27-29-28-21)4-5-17(18)33-11-14-3-2-12(6-7-30)8-16(14)22(23,24)25/h2-5,8-9,15,30H,6-7,10-11H2,1H3,(H2,26,27,28,29,31). The Hall–Kier alpha value is -3.60. The molecule has 0 spiro atoms. The number of amides is 1. The van der Waals surface area contributed by atoms with Crippen LogP contribution in [-0.2, 0) is 24.0 Å². The van der Waals surface area contributed by atoms with Gasteiger partial charge < -0.3 is 19.9 Å². The number of H-pyrrole nitrogens is 1. The van der Waals surface area contributed by atoms with Crippen molar-refractivity contribution in [2.24, 2.45) is 0 Å². The zero-order valence-electron chi connectivity index (χ0n) is 17.6. The number of nitrogens with zero attached hydrogens (tertiary/aromatic N) is 2. The van der Waals surface area contributed by atoms with Gasteiger partial charge in [0.2, 0.25) is 5.91 Å². The minimum Gasteiger partial charge on any atom is -0.493 e. The van der Waals surface area contributed by atoms with Gasteiger partial charge in [-0.1, -0.05) is 18.2 Å². The molecule has 0 fully saturated rings. The van der Waals surface area contributed by atoms with Crippen molar-refractivity contribution in [3.8, 4) is 11.5 Å². The van der Waals surface area contributed by atoms with Gasteiger partial charge in [0.25, 0.3) is 0 Å². The third-order valence-corrected chi connectivity index (χ3v) is 5.41. The summed E-state index contributed by atoms with van der Waals surface area (Å²) in [6.45, 7) is -0.571. The summed E-state index contributed by atoms with van der Waals surface area (Å²) in [7, 11) is 1.42. The average molecular weight is 462 g/mol. The number of carbonyl (C=O) groups excluding carboxylic acids is 1. The molecule has 4 rings (SSSR count). The predicted octanol–water partition coefficient (Wildman–Crippen LogP) is 3.42. The van der Waals surface area contributed by atoms with Gasteiger partial charge >= 0.3 is 6.18 Å². The molecule has 1 aromatic heterocycles. The van der Waals surface area contributed by atoms with Crippen LogP contribution in [0.2, 0.25) is 0 Å². The van der Waals surface area contributed by atoms with Gasteiger partial charge in [-0.05, 0) is 35.7 Å². The van der Waals surface area contributed by atoms with E-state index < -0.39 is 11.7 Å². The topological polar surface area (TPSA) is 109 Å². The Morgan fingerprint density at radius 3 is 2.70 bits per heavy atom. The molecule has 0 radical (unpaired) electrons. The highest BCUT2D eigenvalue weighted by Crippen LogP contribution is 2.39. The molecule has 1 atom stereocenters. The van der Waals surface area contributed by atoms with E-state index in [9.17, 15) is 18.0 Å². The summed E-state index contributed by atoms with van der Waals surface area (Å²) in [4.78, 5) is 12.0. The Bertz CT molecular complexity index is 1160. The van der Waals surface area contributed by atoms with Gasteiger partial charge in [-0.3, -0.25) is 4.79 Å². The smallest absolute Gasteiger partial charge is 0.416 e. The second-order valence-corrected chi connectivity index (χ2v) is 7.52. The Labute approximate surface area is 186 Å². The zero-order chi connectivity index (χ0) is 23.6. The Balaban J connectivity index is 1.58. The average Bonchev–Trinajstić information content (AvgIpc) is 3.25. The number of methoxy groups -OCH3 is 1. The van der Waals surface area contributed by atoms with E-state index in [1.807, 2.05) is 0 Å². The van der Waals surface area contributed by atoms with Crippen molar-refractivity contribution in [2.75, 3.05) is 19.0 Å². The number of benzene rings is 2. The number of fused-ring (bicyclic) bond motifs is 1. The molecule has 1 aliphatic rings. The maximum absolute atomic E-state index is 13.5. The van der Waals surface area contributed by atoms with E-state index in [0.29, 0.717) is 22.8 Å². The number of aliphatic hydroxyl groups excluding tert-OH is 1. The maximum Gasteiger partial charge on any atom is 0.416 e. The fraction of sp³-hybridized carbons (Fsp3) is 0.318. The highest BCUT2D eigenvalue weighted by atomic mass is 19.4. The molecule has 33 heavy (non-hydrogen) atoms. The Morgan fingerprint density at radius 2 is 1.97 bits per heavy atom. The van der Waals surface area contributed by atoms with Crippen LogP contribution in [0.15, 0.2) is 36.4 Å². The Morgan fingerprint density at radius 1 is 1.15 bits per heavy atom. The molecule has 1 unspecified atom stereocenters. The van der Waals surface area contributed by atoms with E-state index in [4.69, 9.17) is 14.6 Å². The van der Waals surface area contributed by atoms with Crippen LogP contribution < -0.4 is 14.8 Å². The van der Waals surface area contributed by atoms with Gasteiger partial charge in [-0.2, -0.15) is 23.5 Å². The van der Waals surface area contributed by atoms with Gasteiger partial charge in [0.1, 0.15) is 12.3 Å². The first kappa shape index (κ1) is 22.6. The monoisotopic (exact) mass is 462 g/mol. The number of alkyl halides is 3. The second-order valence-electron chi connectivity index (χ2n) is 7.52. The van der Waals surface area contributed by atoms with Crippen molar-refractivity contribution in [3.63, 3.8) is 0 Å². The van der Waals surface area contributed by atoms with E-state index in [0.717, 1.165) is 11.6 Å². The minimum atomic E-state index is -4.56. The summed E-state index contributed by atoms with van der Waals surface area (Å²) in [5, 5.41) is 22.2. The van der Waals surface area contributed by atoms with Crippen molar-refractivity contribution in [1.29, 1.82) is 0 Å². The quantitative estimate of drug-likeness (QED) is 0.497.